The largest absolute Gasteiger partial charge is 0.507 e. The summed E-state index contributed by atoms with van der Waals surface area (Å²) in [6.45, 7) is 3.20. The highest BCUT2D eigenvalue weighted by atomic mass is 16.5. The summed E-state index contributed by atoms with van der Waals surface area (Å²) >= 11 is 0. The summed E-state index contributed by atoms with van der Waals surface area (Å²) in [7, 11) is 3.14. The third kappa shape index (κ3) is 5.67. The van der Waals surface area contributed by atoms with Crippen LogP contribution >= 0.6 is 0 Å². The number of carbonyl (C=O) groups excluding carboxylic acids is 2. The van der Waals surface area contributed by atoms with Crippen LogP contribution < -0.4 is 9.47 Å². The van der Waals surface area contributed by atoms with Crippen molar-refractivity contribution in [1.29, 1.82) is 0 Å². The number of rotatable bonds is 10. The minimum absolute atomic E-state index is 0.0456. The van der Waals surface area contributed by atoms with Gasteiger partial charge in [0.25, 0.3) is 11.7 Å². The zero-order valence-corrected chi connectivity index (χ0v) is 21.3. The molecule has 0 aliphatic carbocycles. The summed E-state index contributed by atoms with van der Waals surface area (Å²) in [6.07, 6.45) is 0.553. The monoisotopic (exact) mass is 501 g/mol. The van der Waals surface area contributed by atoms with Gasteiger partial charge < -0.3 is 24.2 Å². The number of likely N-dealkylation sites (tertiary alicyclic amines) is 1. The lowest BCUT2D eigenvalue weighted by molar-refractivity contribution is -0.140. The maximum absolute atomic E-state index is 13.2. The molecule has 7 nitrogen and oxygen atoms in total. The van der Waals surface area contributed by atoms with E-state index in [0.29, 0.717) is 48.8 Å². The van der Waals surface area contributed by atoms with E-state index < -0.39 is 17.7 Å². The molecule has 0 spiro atoms. The van der Waals surface area contributed by atoms with Crippen molar-refractivity contribution in [3.8, 4) is 11.5 Å². The fourth-order valence-electron chi connectivity index (χ4n) is 4.45. The number of Topliss-reactive ketones (excluding diaryl/α,β-unsaturated/α-hetero) is 1. The van der Waals surface area contributed by atoms with Crippen molar-refractivity contribution >= 4 is 17.4 Å². The van der Waals surface area contributed by atoms with Gasteiger partial charge in [-0.25, -0.2) is 0 Å². The molecule has 1 heterocycles. The molecule has 1 unspecified atom stereocenters. The van der Waals surface area contributed by atoms with Crippen LogP contribution in [0.15, 0.2) is 78.4 Å². The zero-order chi connectivity index (χ0) is 26.4. The van der Waals surface area contributed by atoms with Crippen LogP contribution in [-0.4, -0.2) is 49.1 Å². The summed E-state index contributed by atoms with van der Waals surface area (Å²) in [4.78, 5) is 27.7. The number of hydrogen-bond acceptors (Lipinski definition) is 6. The van der Waals surface area contributed by atoms with E-state index in [4.69, 9.17) is 14.2 Å². The average molecular weight is 502 g/mol. The Bertz CT molecular complexity index is 1300. The lowest BCUT2D eigenvalue weighted by atomic mass is 9.95. The Balaban J connectivity index is 1.65. The first-order valence-electron chi connectivity index (χ1n) is 12.1. The molecule has 0 radical (unpaired) electrons. The second-order valence-corrected chi connectivity index (χ2v) is 8.85. The normalized spacial score (nSPS) is 16.7. The van der Waals surface area contributed by atoms with E-state index in [-0.39, 0.29) is 11.3 Å². The van der Waals surface area contributed by atoms with Crippen LogP contribution in [0.1, 0.15) is 34.7 Å². The van der Waals surface area contributed by atoms with Gasteiger partial charge in [-0.3, -0.25) is 9.59 Å². The van der Waals surface area contributed by atoms with Crippen LogP contribution in [0.4, 0.5) is 0 Å². The van der Waals surface area contributed by atoms with Crippen LogP contribution in [0.2, 0.25) is 0 Å². The third-order valence-corrected chi connectivity index (χ3v) is 6.48. The van der Waals surface area contributed by atoms with Crippen LogP contribution in [0, 0.1) is 6.92 Å². The minimum atomic E-state index is -0.746. The second kappa shape index (κ2) is 11.8. The predicted octanol–water partition coefficient (Wildman–Crippen LogP) is 5.04. The molecule has 0 aromatic heterocycles. The number of amides is 1. The van der Waals surface area contributed by atoms with Crippen molar-refractivity contribution in [3.05, 3.63) is 101 Å². The van der Waals surface area contributed by atoms with E-state index in [1.54, 1.807) is 56.7 Å². The quantitative estimate of drug-likeness (QED) is 0.181. The summed E-state index contributed by atoms with van der Waals surface area (Å²) in [5.41, 5.74) is 3.37. The summed E-state index contributed by atoms with van der Waals surface area (Å²) in [6, 6.07) is 21.3. The molecule has 1 aliphatic rings. The first kappa shape index (κ1) is 26.0. The number of aliphatic hydroxyl groups excluding tert-OH is 1. The van der Waals surface area contributed by atoms with Gasteiger partial charge in [-0.15, -0.1) is 0 Å². The average Bonchev–Trinajstić information content (AvgIpc) is 3.18. The van der Waals surface area contributed by atoms with Crippen molar-refractivity contribution in [2.24, 2.45) is 0 Å². The van der Waals surface area contributed by atoms with Crippen LogP contribution in [0.3, 0.4) is 0 Å². The molecule has 4 rings (SSSR count). The first-order chi connectivity index (χ1) is 17.9. The molecule has 1 fully saturated rings. The molecule has 1 saturated heterocycles. The van der Waals surface area contributed by atoms with E-state index in [2.05, 4.69) is 0 Å². The molecule has 1 amide bonds. The van der Waals surface area contributed by atoms with Crippen molar-refractivity contribution in [2.45, 2.75) is 26.0 Å². The van der Waals surface area contributed by atoms with Gasteiger partial charge in [-0.1, -0.05) is 36.4 Å². The Labute approximate surface area is 216 Å². The standard InChI is InChI=1S/C30H31NO6/c1-20-8-4-5-9-23(20)19-37-24-14-12-21(13-15-24)28(32)26-27(22-10-6-11-25(18-22)36-3)31(16-7-17-35-2)30(34)29(26)33/h4-6,8-15,18,27,32H,7,16-17,19H2,1-3H3/b28-26+. The maximum Gasteiger partial charge on any atom is 0.295 e. The highest BCUT2D eigenvalue weighted by molar-refractivity contribution is 6.46. The summed E-state index contributed by atoms with van der Waals surface area (Å²) < 4.78 is 16.4. The molecule has 192 valence electrons. The van der Waals surface area contributed by atoms with Gasteiger partial charge >= 0.3 is 0 Å². The number of aliphatic hydroxyl groups is 1. The van der Waals surface area contributed by atoms with E-state index in [0.717, 1.165) is 11.1 Å². The summed E-state index contributed by atoms with van der Waals surface area (Å²) in [5.74, 6) is -0.378. The number of nitrogens with zero attached hydrogens (tertiary/aromatic N) is 1. The van der Waals surface area contributed by atoms with Crippen molar-refractivity contribution in [3.63, 3.8) is 0 Å². The maximum atomic E-state index is 13.2. The molecule has 1 aliphatic heterocycles. The van der Waals surface area contributed by atoms with Crippen molar-refractivity contribution in [2.75, 3.05) is 27.4 Å². The molecule has 1 N–H and O–H groups in total. The first-order valence-corrected chi connectivity index (χ1v) is 12.1. The molecule has 3 aromatic rings. The Morgan fingerprint density at radius 2 is 1.70 bits per heavy atom. The second-order valence-electron chi connectivity index (χ2n) is 8.85. The van der Waals surface area contributed by atoms with Gasteiger partial charge in [0, 0.05) is 25.8 Å². The predicted molar refractivity (Wildman–Crippen MR) is 140 cm³/mol. The number of carbonyl (C=O) groups is 2. The molecule has 0 saturated carbocycles. The topological polar surface area (TPSA) is 85.3 Å². The number of methoxy groups -OCH3 is 2. The fourth-order valence-corrected chi connectivity index (χ4v) is 4.45. The van der Waals surface area contributed by atoms with Gasteiger partial charge in [0.1, 0.15) is 23.9 Å². The Morgan fingerprint density at radius 3 is 2.41 bits per heavy atom. The number of benzene rings is 3. The van der Waals surface area contributed by atoms with Gasteiger partial charge in [0.2, 0.25) is 0 Å². The minimum Gasteiger partial charge on any atom is -0.507 e. The molecule has 1 atom stereocenters. The van der Waals surface area contributed by atoms with E-state index in [9.17, 15) is 14.7 Å². The highest BCUT2D eigenvalue weighted by Crippen LogP contribution is 2.40. The number of aryl methyl sites for hydroxylation is 1. The molecule has 7 heteroatoms. The SMILES string of the molecule is COCCCN1C(=O)C(=O)/C(=C(/O)c2ccc(OCc3ccccc3C)cc2)C1c1cccc(OC)c1. The molecule has 0 bridgehead atoms. The number of hydrogen-bond donors (Lipinski definition) is 1. The van der Waals surface area contributed by atoms with Crippen molar-refractivity contribution < 1.29 is 28.9 Å². The lowest BCUT2D eigenvalue weighted by Gasteiger charge is -2.25. The van der Waals surface area contributed by atoms with E-state index >= 15 is 0 Å². The van der Waals surface area contributed by atoms with Gasteiger partial charge in [0.05, 0.1) is 18.7 Å². The Hall–Kier alpha value is -4.10. The molecule has 3 aromatic carbocycles. The number of ketones is 1. The molecular formula is C30H31NO6. The smallest absolute Gasteiger partial charge is 0.295 e. The third-order valence-electron chi connectivity index (χ3n) is 6.48. The Morgan fingerprint density at radius 1 is 0.946 bits per heavy atom. The molecular weight excluding hydrogens is 470 g/mol. The van der Waals surface area contributed by atoms with Crippen molar-refractivity contribution in [1.82, 2.24) is 4.90 Å². The van der Waals surface area contributed by atoms with Crippen LogP contribution in [0.25, 0.3) is 5.76 Å². The number of ether oxygens (including phenoxy) is 3. The van der Waals surface area contributed by atoms with Gasteiger partial charge in [0.15, 0.2) is 0 Å². The fraction of sp³-hybridized carbons (Fsp3) is 0.267. The summed E-state index contributed by atoms with van der Waals surface area (Å²) in [5, 5.41) is 11.3. The van der Waals surface area contributed by atoms with Gasteiger partial charge in [-0.05, 0) is 66.4 Å². The van der Waals surface area contributed by atoms with Gasteiger partial charge in [-0.2, -0.15) is 0 Å². The van der Waals surface area contributed by atoms with Crippen LogP contribution in [0.5, 0.6) is 11.5 Å². The molecule has 37 heavy (non-hydrogen) atoms. The Kier molecular flexibility index (Phi) is 8.25. The highest BCUT2D eigenvalue weighted by Gasteiger charge is 2.45. The zero-order valence-electron chi connectivity index (χ0n) is 21.3. The van der Waals surface area contributed by atoms with Crippen LogP contribution in [-0.2, 0) is 20.9 Å². The lowest BCUT2D eigenvalue weighted by Crippen LogP contribution is -2.31. The van der Waals surface area contributed by atoms with E-state index in [1.807, 2.05) is 37.3 Å². The van der Waals surface area contributed by atoms with E-state index in [1.165, 1.54) is 4.90 Å².